The lowest BCUT2D eigenvalue weighted by Crippen LogP contribution is -2.28. The number of benzene rings is 1. The lowest BCUT2D eigenvalue weighted by Gasteiger charge is -2.02. The summed E-state index contributed by atoms with van der Waals surface area (Å²) in [5, 5.41) is 2.62. The first-order valence-corrected chi connectivity index (χ1v) is 6.94. The highest BCUT2D eigenvalue weighted by molar-refractivity contribution is 5.93. The third-order valence-electron chi connectivity index (χ3n) is 3.28. The smallest absolute Gasteiger partial charge is 0.260 e. The lowest BCUT2D eigenvalue weighted by atomic mass is 10.2. The lowest BCUT2D eigenvalue weighted by molar-refractivity contribution is 0.0946. The highest BCUT2D eigenvalue weighted by atomic mass is 19.1. The Kier molecular flexibility index (Phi) is 4.05. The third-order valence-corrected chi connectivity index (χ3v) is 3.28. The second-order valence-corrected chi connectivity index (χ2v) is 4.87. The van der Waals surface area contributed by atoms with E-state index in [0.29, 0.717) is 11.5 Å². The monoisotopic (exact) mass is 312 g/mol. The molecule has 0 saturated carbocycles. The van der Waals surface area contributed by atoms with Crippen molar-refractivity contribution in [1.29, 1.82) is 0 Å². The Labute approximate surface area is 130 Å². The first kappa shape index (κ1) is 14.8. The molecule has 3 aromatic rings. The molecule has 2 N–H and O–H groups in total. The third kappa shape index (κ3) is 3.37. The van der Waals surface area contributed by atoms with E-state index in [1.807, 2.05) is 0 Å². The van der Waals surface area contributed by atoms with Crippen molar-refractivity contribution in [2.45, 2.75) is 6.54 Å². The van der Waals surface area contributed by atoms with Crippen molar-refractivity contribution in [2.24, 2.45) is 0 Å². The number of nitrogens with one attached hydrogen (secondary N) is 2. The number of furan rings is 1. The zero-order valence-corrected chi connectivity index (χ0v) is 12.0. The van der Waals surface area contributed by atoms with E-state index in [-0.39, 0.29) is 17.9 Å². The summed E-state index contributed by atoms with van der Waals surface area (Å²) in [6.45, 7) is 0.147. The molecule has 0 radical (unpaired) electrons. The van der Waals surface area contributed by atoms with Gasteiger partial charge in [0.15, 0.2) is 0 Å². The van der Waals surface area contributed by atoms with E-state index in [0.717, 1.165) is 5.56 Å². The summed E-state index contributed by atoms with van der Waals surface area (Å²) < 4.78 is 18.5. The maximum atomic E-state index is 12.9. The van der Waals surface area contributed by atoms with Gasteiger partial charge in [-0.2, -0.15) is 0 Å². The average Bonchev–Trinajstić information content (AvgIpc) is 3.03. The number of H-pyrrole nitrogens is 1. The molecule has 0 aliphatic carbocycles. The van der Waals surface area contributed by atoms with E-state index in [4.69, 9.17) is 4.42 Å². The first-order chi connectivity index (χ1) is 11.1. The fourth-order valence-corrected chi connectivity index (χ4v) is 2.11. The summed E-state index contributed by atoms with van der Waals surface area (Å²) >= 11 is 0. The van der Waals surface area contributed by atoms with Gasteiger partial charge in [0.05, 0.1) is 6.54 Å². The van der Waals surface area contributed by atoms with Gasteiger partial charge in [0.25, 0.3) is 11.5 Å². The summed E-state index contributed by atoms with van der Waals surface area (Å²) in [6, 6.07) is 12.4. The summed E-state index contributed by atoms with van der Waals surface area (Å²) in [5.74, 6) is 0.310. The Balaban J connectivity index is 1.68. The van der Waals surface area contributed by atoms with Crippen LogP contribution in [-0.2, 0) is 6.54 Å². The topological polar surface area (TPSA) is 75.1 Å². The number of pyridine rings is 1. The Morgan fingerprint density at radius 3 is 2.65 bits per heavy atom. The Morgan fingerprint density at radius 2 is 1.91 bits per heavy atom. The second-order valence-electron chi connectivity index (χ2n) is 4.87. The van der Waals surface area contributed by atoms with E-state index in [1.165, 1.54) is 24.4 Å². The molecule has 0 unspecified atom stereocenters. The highest BCUT2D eigenvalue weighted by Gasteiger charge is 2.11. The summed E-state index contributed by atoms with van der Waals surface area (Å²) in [6.07, 6.45) is 1.46. The van der Waals surface area contributed by atoms with Crippen LogP contribution >= 0.6 is 0 Å². The molecule has 3 rings (SSSR count). The van der Waals surface area contributed by atoms with Gasteiger partial charge in [-0.25, -0.2) is 4.39 Å². The van der Waals surface area contributed by atoms with E-state index >= 15 is 0 Å². The van der Waals surface area contributed by atoms with E-state index in [2.05, 4.69) is 10.3 Å². The van der Waals surface area contributed by atoms with Gasteiger partial charge >= 0.3 is 0 Å². The minimum Gasteiger partial charge on any atom is -0.459 e. The molecule has 0 spiro atoms. The maximum absolute atomic E-state index is 12.9. The highest BCUT2D eigenvalue weighted by Crippen LogP contribution is 2.22. The van der Waals surface area contributed by atoms with Gasteiger partial charge in [0, 0.05) is 11.8 Å². The quantitative estimate of drug-likeness (QED) is 0.778. The predicted molar refractivity (Wildman–Crippen MR) is 82.3 cm³/mol. The number of carbonyl (C=O) groups excluding carboxylic acids is 1. The molecule has 23 heavy (non-hydrogen) atoms. The minimum absolute atomic E-state index is 0.0396. The number of aromatic nitrogens is 1. The number of carbonyl (C=O) groups is 1. The zero-order valence-electron chi connectivity index (χ0n) is 12.0. The summed E-state index contributed by atoms with van der Waals surface area (Å²) in [7, 11) is 0. The molecule has 0 aliphatic rings. The van der Waals surface area contributed by atoms with Crippen molar-refractivity contribution >= 4 is 5.91 Å². The van der Waals surface area contributed by atoms with Crippen molar-refractivity contribution in [1.82, 2.24) is 10.3 Å². The number of hydrogen-bond acceptors (Lipinski definition) is 3. The van der Waals surface area contributed by atoms with Crippen LogP contribution in [0.2, 0.25) is 0 Å². The largest absolute Gasteiger partial charge is 0.459 e. The van der Waals surface area contributed by atoms with Crippen LogP contribution in [0, 0.1) is 5.82 Å². The molecule has 0 atom stereocenters. The van der Waals surface area contributed by atoms with Gasteiger partial charge < -0.3 is 14.7 Å². The Morgan fingerprint density at radius 1 is 1.13 bits per heavy atom. The van der Waals surface area contributed by atoms with Gasteiger partial charge in [-0.05, 0) is 48.5 Å². The van der Waals surface area contributed by atoms with Crippen molar-refractivity contribution in [3.8, 4) is 11.3 Å². The molecule has 0 bridgehead atoms. The molecule has 1 aromatic carbocycles. The van der Waals surface area contributed by atoms with Gasteiger partial charge in [0.1, 0.15) is 22.9 Å². The molecule has 2 heterocycles. The molecule has 116 valence electrons. The van der Waals surface area contributed by atoms with Crippen molar-refractivity contribution in [3.05, 3.63) is 82.2 Å². The average molecular weight is 312 g/mol. The molecule has 0 saturated heterocycles. The van der Waals surface area contributed by atoms with Gasteiger partial charge in [-0.3, -0.25) is 9.59 Å². The second kappa shape index (κ2) is 6.31. The van der Waals surface area contributed by atoms with Crippen molar-refractivity contribution < 1.29 is 13.6 Å². The number of aromatic amines is 1. The SMILES string of the molecule is O=C(NCc1ccc(-c2ccc(F)cc2)o1)c1ccc[nH]c1=O. The fourth-order valence-electron chi connectivity index (χ4n) is 2.11. The number of halogens is 1. The molecule has 6 heteroatoms. The van der Waals surface area contributed by atoms with Crippen LogP contribution in [0.25, 0.3) is 11.3 Å². The zero-order chi connectivity index (χ0) is 16.2. The summed E-state index contributed by atoms with van der Waals surface area (Å²) in [4.78, 5) is 25.9. The van der Waals surface area contributed by atoms with Crippen LogP contribution in [-0.4, -0.2) is 10.9 Å². The van der Waals surface area contributed by atoms with Gasteiger partial charge in [0.2, 0.25) is 0 Å². The summed E-state index contributed by atoms with van der Waals surface area (Å²) in [5.41, 5.74) is 0.331. The van der Waals surface area contributed by atoms with Crippen LogP contribution in [0.5, 0.6) is 0 Å². The Hall–Kier alpha value is -3.15. The standard InChI is InChI=1S/C17H13FN2O3/c18-12-5-3-11(4-6-12)15-8-7-13(23-15)10-20-17(22)14-2-1-9-19-16(14)21/h1-9H,10H2,(H,19,21)(H,20,22). The van der Waals surface area contributed by atoms with Crippen molar-refractivity contribution in [2.75, 3.05) is 0 Å². The van der Waals surface area contributed by atoms with Gasteiger partial charge in [-0.1, -0.05) is 0 Å². The molecule has 5 nitrogen and oxygen atoms in total. The molecule has 0 fully saturated rings. The minimum atomic E-state index is -0.480. The van der Waals surface area contributed by atoms with Crippen LogP contribution in [0.3, 0.4) is 0 Å². The Bertz CT molecular complexity index is 881. The molecular formula is C17H13FN2O3. The number of amides is 1. The molecule has 2 aromatic heterocycles. The predicted octanol–water partition coefficient (Wildman–Crippen LogP) is 2.70. The molecule has 0 aliphatic heterocycles. The number of rotatable bonds is 4. The maximum Gasteiger partial charge on any atom is 0.260 e. The molecule has 1 amide bonds. The van der Waals surface area contributed by atoms with Crippen LogP contribution < -0.4 is 10.9 Å². The van der Waals surface area contributed by atoms with E-state index < -0.39 is 11.5 Å². The van der Waals surface area contributed by atoms with Gasteiger partial charge in [-0.15, -0.1) is 0 Å². The van der Waals surface area contributed by atoms with Crippen LogP contribution in [0.4, 0.5) is 4.39 Å². The fraction of sp³-hybridized carbons (Fsp3) is 0.0588. The number of hydrogen-bond donors (Lipinski definition) is 2. The van der Waals surface area contributed by atoms with E-state index in [9.17, 15) is 14.0 Å². The normalized spacial score (nSPS) is 10.5. The van der Waals surface area contributed by atoms with E-state index in [1.54, 1.807) is 30.3 Å². The first-order valence-electron chi connectivity index (χ1n) is 6.94. The van der Waals surface area contributed by atoms with Crippen molar-refractivity contribution in [3.63, 3.8) is 0 Å². The van der Waals surface area contributed by atoms with Crippen LogP contribution in [0.15, 0.2) is 63.9 Å². The van der Waals surface area contributed by atoms with Crippen LogP contribution in [0.1, 0.15) is 16.1 Å². The molecular weight excluding hydrogens is 299 g/mol.